The van der Waals surface area contributed by atoms with Crippen LogP contribution >= 0.6 is 0 Å². The fourth-order valence-corrected chi connectivity index (χ4v) is 2.78. The Bertz CT molecular complexity index is 507. The molecule has 2 unspecified atom stereocenters. The van der Waals surface area contributed by atoms with Crippen LogP contribution in [0.2, 0.25) is 0 Å². The molecule has 1 aromatic carbocycles. The summed E-state index contributed by atoms with van der Waals surface area (Å²) in [5, 5.41) is 11.4. The van der Waals surface area contributed by atoms with Gasteiger partial charge in [0, 0.05) is 5.69 Å². The smallest absolute Gasteiger partial charge is 0.411 e. The zero-order valence-electron chi connectivity index (χ0n) is 12.0. The summed E-state index contributed by atoms with van der Waals surface area (Å²) in [6, 6.07) is 8.71. The predicted octanol–water partition coefficient (Wildman–Crippen LogP) is 2.87. The molecular weight excluding hydrogens is 266 g/mol. The van der Waals surface area contributed by atoms with E-state index in [1.165, 1.54) is 12.8 Å². The van der Waals surface area contributed by atoms with Gasteiger partial charge in [-0.05, 0) is 55.5 Å². The Hall–Kier alpha value is -2.06. The minimum Gasteiger partial charge on any atom is -0.449 e. The maximum atomic E-state index is 11.8. The van der Waals surface area contributed by atoms with Gasteiger partial charge in [0.15, 0.2) is 0 Å². The Kier molecular flexibility index (Phi) is 5.59. The van der Waals surface area contributed by atoms with E-state index in [1.807, 2.05) is 6.07 Å². The number of carbonyl (C=O) groups excluding carboxylic acids is 1. The Morgan fingerprint density at radius 1 is 1.29 bits per heavy atom. The van der Waals surface area contributed by atoms with Crippen LogP contribution in [0, 0.1) is 23.2 Å². The lowest BCUT2D eigenvalue weighted by Gasteiger charge is -2.30. The van der Waals surface area contributed by atoms with Crippen molar-refractivity contribution < 1.29 is 9.53 Å². The Balaban J connectivity index is 1.80. The molecule has 3 N–H and O–H groups in total. The molecule has 5 nitrogen and oxygen atoms in total. The molecule has 1 fully saturated rings. The second kappa shape index (κ2) is 7.65. The molecule has 0 aliphatic heterocycles. The fourth-order valence-electron chi connectivity index (χ4n) is 2.78. The van der Waals surface area contributed by atoms with E-state index in [1.54, 1.807) is 24.3 Å². The topological polar surface area (TPSA) is 88.1 Å². The van der Waals surface area contributed by atoms with E-state index >= 15 is 0 Å². The first-order valence-electron chi connectivity index (χ1n) is 7.37. The standard InChI is InChI=1S/C16H21N3O2/c17-9-12-5-7-15(8-6-12)19-16(20)21-11-14-4-2-1-3-13(14)10-18/h5-8,13-14H,1-4,10-11,18H2,(H,19,20). The predicted molar refractivity (Wildman–Crippen MR) is 80.6 cm³/mol. The molecule has 0 bridgehead atoms. The number of nitrogens with zero attached hydrogens (tertiary/aromatic N) is 1. The number of amides is 1. The maximum Gasteiger partial charge on any atom is 0.411 e. The van der Waals surface area contributed by atoms with Crippen molar-refractivity contribution >= 4 is 11.8 Å². The molecule has 1 amide bonds. The summed E-state index contributed by atoms with van der Waals surface area (Å²) in [5.41, 5.74) is 6.95. The number of ether oxygens (including phenoxy) is 1. The molecule has 2 atom stereocenters. The van der Waals surface area contributed by atoms with E-state index in [-0.39, 0.29) is 0 Å². The van der Waals surface area contributed by atoms with Gasteiger partial charge in [0.1, 0.15) is 0 Å². The lowest BCUT2D eigenvalue weighted by molar-refractivity contribution is 0.104. The maximum absolute atomic E-state index is 11.8. The van der Waals surface area contributed by atoms with E-state index in [9.17, 15) is 4.79 Å². The normalized spacial score (nSPS) is 21.3. The largest absolute Gasteiger partial charge is 0.449 e. The van der Waals surface area contributed by atoms with Crippen LogP contribution in [0.3, 0.4) is 0 Å². The number of nitrogens with two attached hydrogens (primary N) is 1. The lowest BCUT2D eigenvalue weighted by atomic mass is 9.80. The third-order valence-corrected chi connectivity index (χ3v) is 4.06. The average molecular weight is 287 g/mol. The van der Waals surface area contributed by atoms with E-state index in [4.69, 9.17) is 15.7 Å². The SMILES string of the molecule is N#Cc1ccc(NC(=O)OCC2CCCCC2CN)cc1. The summed E-state index contributed by atoms with van der Waals surface area (Å²) in [7, 11) is 0. The van der Waals surface area contributed by atoms with Crippen LogP contribution in [-0.4, -0.2) is 19.2 Å². The van der Waals surface area contributed by atoms with Gasteiger partial charge in [-0.15, -0.1) is 0 Å². The zero-order chi connectivity index (χ0) is 15.1. The summed E-state index contributed by atoms with van der Waals surface area (Å²) in [6.45, 7) is 1.08. The van der Waals surface area contributed by atoms with E-state index in [0.717, 1.165) is 12.8 Å². The van der Waals surface area contributed by atoms with Gasteiger partial charge in [0.25, 0.3) is 0 Å². The highest BCUT2D eigenvalue weighted by Crippen LogP contribution is 2.29. The van der Waals surface area contributed by atoms with Gasteiger partial charge in [-0.2, -0.15) is 5.26 Å². The van der Waals surface area contributed by atoms with Crippen LogP contribution in [0.4, 0.5) is 10.5 Å². The average Bonchev–Trinajstić information content (AvgIpc) is 2.54. The van der Waals surface area contributed by atoms with Crippen molar-refractivity contribution in [3.05, 3.63) is 29.8 Å². The summed E-state index contributed by atoms with van der Waals surface area (Å²) in [4.78, 5) is 11.8. The van der Waals surface area contributed by atoms with Crippen molar-refractivity contribution in [3.8, 4) is 6.07 Å². The Morgan fingerprint density at radius 2 is 1.95 bits per heavy atom. The summed E-state index contributed by atoms with van der Waals surface area (Å²) >= 11 is 0. The van der Waals surface area contributed by atoms with Crippen molar-refractivity contribution in [2.45, 2.75) is 25.7 Å². The Labute approximate surface area is 125 Å². The summed E-state index contributed by atoms with van der Waals surface area (Å²) < 4.78 is 5.30. The van der Waals surface area contributed by atoms with Crippen molar-refractivity contribution in [2.75, 3.05) is 18.5 Å². The molecule has 5 heteroatoms. The second-order valence-electron chi connectivity index (χ2n) is 5.45. The van der Waals surface area contributed by atoms with Crippen molar-refractivity contribution in [1.29, 1.82) is 5.26 Å². The molecule has 1 aliphatic rings. The lowest BCUT2D eigenvalue weighted by Crippen LogP contribution is -2.31. The monoisotopic (exact) mass is 287 g/mol. The third-order valence-electron chi connectivity index (χ3n) is 4.06. The second-order valence-corrected chi connectivity index (χ2v) is 5.45. The van der Waals surface area contributed by atoms with Gasteiger partial charge in [0.2, 0.25) is 0 Å². The highest BCUT2D eigenvalue weighted by molar-refractivity contribution is 5.84. The number of rotatable bonds is 4. The van der Waals surface area contributed by atoms with E-state index < -0.39 is 6.09 Å². The van der Waals surface area contributed by atoms with Gasteiger partial charge < -0.3 is 10.5 Å². The van der Waals surface area contributed by atoms with Crippen LogP contribution in [0.5, 0.6) is 0 Å². The first-order chi connectivity index (χ1) is 10.2. The first-order valence-corrected chi connectivity index (χ1v) is 7.37. The van der Waals surface area contributed by atoms with Gasteiger partial charge >= 0.3 is 6.09 Å². The van der Waals surface area contributed by atoms with Crippen molar-refractivity contribution in [3.63, 3.8) is 0 Å². The number of anilines is 1. The number of nitrogens with one attached hydrogen (secondary N) is 1. The first kappa shape index (κ1) is 15.3. The van der Waals surface area contributed by atoms with Gasteiger partial charge in [0.05, 0.1) is 18.2 Å². The minimum absolute atomic E-state index is 0.371. The molecule has 1 aliphatic carbocycles. The van der Waals surface area contributed by atoms with Gasteiger partial charge in [-0.3, -0.25) is 5.32 Å². The minimum atomic E-state index is -0.457. The molecule has 0 heterocycles. The molecule has 0 aromatic heterocycles. The number of nitriles is 1. The van der Waals surface area contributed by atoms with Crippen LogP contribution in [0.1, 0.15) is 31.2 Å². The third kappa shape index (κ3) is 4.47. The number of hydrogen-bond acceptors (Lipinski definition) is 4. The van der Waals surface area contributed by atoms with E-state index in [0.29, 0.717) is 36.2 Å². The summed E-state index contributed by atoms with van der Waals surface area (Å²) in [5.74, 6) is 0.830. The van der Waals surface area contributed by atoms with Crippen molar-refractivity contribution in [2.24, 2.45) is 17.6 Å². The molecule has 2 rings (SSSR count). The molecule has 21 heavy (non-hydrogen) atoms. The molecule has 1 aromatic rings. The number of hydrogen-bond donors (Lipinski definition) is 2. The highest BCUT2D eigenvalue weighted by Gasteiger charge is 2.25. The molecule has 0 radical (unpaired) electrons. The zero-order valence-corrected chi connectivity index (χ0v) is 12.0. The van der Waals surface area contributed by atoms with Gasteiger partial charge in [-0.1, -0.05) is 12.8 Å². The Morgan fingerprint density at radius 3 is 2.57 bits per heavy atom. The number of benzene rings is 1. The van der Waals surface area contributed by atoms with E-state index in [2.05, 4.69) is 5.32 Å². The van der Waals surface area contributed by atoms with Gasteiger partial charge in [-0.25, -0.2) is 4.79 Å². The van der Waals surface area contributed by atoms with Crippen LogP contribution < -0.4 is 11.1 Å². The quantitative estimate of drug-likeness (QED) is 0.891. The molecule has 112 valence electrons. The number of carbonyl (C=O) groups is 1. The summed E-state index contributed by atoms with van der Waals surface area (Å²) in [6.07, 6.45) is 4.15. The van der Waals surface area contributed by atoms with Crippen molar-refractivity contribution in [1.82, 2.24) is 0 Å². The highest BCUT2D eigenvalue weighted by atomic mass is 16.5. The molecular formula is C16H21N3O2. The van der Waals surface area contributed by atoms with Crippen LogP contribution in [0.15, 0.2) is 24.3 Å². The molecule has 0 saturated heterocycles. The van der Waals surface area contributed by atoms with Crippen LogP contribution in [-0.2, 0) is 4.74 Å². The fraction of sp³-hybridized carbons (Fsp3) is 0.500. The van der Waals surface area contributed by atoms with Crippen LogP contribution in [0.25, 0.3) is 0 Å². The molecule has 0 spiro atoms. The molecule has 1 saturated carbocycles.